The van der Waals surface area contributed by atoms with Crippen LogP contribution in [-0.2, 0) is 17.4 Å². The molecule has 7 nitrogen and oxygen atoms in total. The molecule has 0 saturated heterocycles. The maximum atomic E-state index is 12.9. The highest BCUT2D eigenvalue weighted by Crippen LogP contribution is 2.32. The number of aryl methyl sites for hydroxylation is 1. The van der Waals surface area contributed by atoms with Crippen molar-refractivity contribution in [1.29, 1.82) is 0 Å². The lowest BCUT2D eigenvalue weighted by Crippen LogP contribution is -2.16. The molecule has 1 aromatic carbocycles. The number of carbonyl (C=O) groups excluding carboxylic acids is 1. The number of halogens is 3. The van der Waals surface area contributed by atoms with Crippen LogP contribution in [0.1, 0.15) is 17.5 Å². The summed E-state index contributed by atoms with van der Waals surface area (Å²) in [5, 5.41) is 13.2. The number of carbonyl (C=O) groups is 1. The van der Waals surface area contributed by atoms with Gasteiger partial charge in [-0.25, -0.2) is 0 Å². The number of anilines is 1. The number of aromatic nitrogens is 1. The molecule has 1 aromatic heterocycles. The van der Waals surface area contributed by atoms with E-state index in [1.807, 2.05) is 0 Å². The van der Waals surface area contributed by atoms with E-state index in [2.05, 4.69) is 10.3 Å². The Morgan fingerprint density at radius 3 is 2.58 bits per heavy atom. The molecule has 138 valence electrons. The van der Waals surface area contributed by atoms with Crippen LogP contribution in [0.2, 0.25) is 0 Å². The second-order valence-electron chi connectivity index (χ2n) is 5.18. The molecule has 0 aliphatic heterocycles. The van der Waals surface area contributed by atoms with E-state index in [0.29, 0.717) is 0 Å². The molecule has 10 heteroatoms. The fourth-order valence-corrected chi connectivity index (χ4v) is 2.24. The largest absolute Gasteiger partial charge is 0.481 e. The van der Waals surface area contributed by atoms with Gasteiger partial charge in [0.15, 0.2) is 0 Å². The minimum Gasteiger partial charge on any atom is -0.481 e. The normalized spacial score (nSPS) is 11.1. The Balaban J connectivity index is 2.12. The van der Waals surface area contributed by atoms with E-state index in [1.165, 1.54) is 31.4 Å². The number of pyridine rings is 1. The number of nitrogens with one attached hydrogen (secondary N) is 1. The fraction of sp³-hybridized carbons (Fsp3) is 0.250. The molecular weight excluding hydrogens is 355 g/mol. The Kier molecular flexibility index (Phi) is 5.75. The van der Waals surface area contributed by atoms with Crippen molar-refractivity contribution in [2.45, 2.75) is 19.0 Å². The molecule has 0 unspecified atom stereocenters. The Hall–Kier alpha value is -3.17. The second kappa shape index (κ2) is 7.81. The third kappa shape index (κ3) is 4.68. The number of nitrogens with zero attached hydrogens (tertiary/aromatic N) is 2. The van der Waals surface area contributed by atoms with E-state index < -0.39 is 28.3 Å². The summed E-state index contributed by atoms with van der Waals surface area (Å²) in [6.45, 7) is 0. The smallest absolute Gasteiger partial charge is 0.416 e. The van der Waals surface area contributed by atoms with Crippen molar-refractivity contribution in [2.75, 3.05) is 12.4 Å². The minimum atomic E-state index is -4.53. The molecule has 0 radical (unpaired) electrons. The first kappa shape index (κ1) is 19.2. The van der Waals surface area contributed by atoms with Crippen molar-refractivity contribution >= 4 is 17.4 Å². The first-order valence-corrected chi connectivity index (χ1v) is 7.36. The summed E-state index contributed by atoms with van der Waals surface area (Å²) in [4.78, 5) is 26.1. The van der Waals surface area contributed by atoms with Gasteiger partial charge in [-0.2, -0.15) is 18.2 Å². The lowest BCUT2D eigenvalue weighted by molar-refractivity contribution is -0.384. The monoisotopic (exact) mass is 369 g/mol. The minimum absolute atomic E-state index is 0.0387. The average molecular weight is 369 g/mol. The van der Waals surface area contributed by atoms with Gasteiger partial charge in [0.2, 0.25) is 17.6 Å². The maximum Gasteiger partial charge on any atom is 0.416 e. The predicted molar refractivity (Wildman–Crippen MR) is 85.8 cm³/mol. The molecule has 0 aliphatic rings. The number of amides is 1. The SMILES string of the molecule is COc1ccc([N+](=O)[O-])c(NC(=O)CCc2ccccc2C(F)(F)F)n1. The Morgan fingerprint density at radius 1 is 1.27 bits per heavy atom. The highest BCUT2D eigenvalue weighted by atomic mass is 19.4. The van der Waals surface area contributed by atoms with Crippen molar-refractivity contribution in [3.8, 4) is 5.88 Å². The number of hydrogen-bond donors (Lipinski definition) is 1. The van der Waals surface area contributed by atoms with Gasteiger partial charge < -0.3 is 10.1 Å². The summed E-state index contributed by atoms with van der Waals surface area (Å²) in [6, 6.07) is 7.28. The molecule has 0 atom stereocenters. The van der Waals surface area contributed by atoms with Gasteiger partial charge in [0, 0.05) is 18.6 Å². The van der Waals surface area contributed by atoms with E-state index in [0.717, 1.165) is 12.1 Å². The maximum absolute atomic E-state index is 12.9. The highest BCUT2D eigenvalue weighted by molar-refractivity contribution is 5.92. The lowest BCUT2D eigenvalue weighted by Gasteiger charge is -2.12. The fourth-order valence-electron chi connectivity index (χ4n) is 2.24. The third-order valence-electron chi connectivity index (χ3n) is 3.46. The van der Waals surface area contributed by atoms with Gasteiger partial charge in [-0.1, -0.05) is 18.2 Å². The van der Waals surface area contributed by atoms with E-state index in [-0.39, 0.29) is 30.1 Å². The standard InChI is InChI=1S/C16H14F3N3O4/c1-26-14-9-7-12(22(24)25)15(21-14)20-13(23)8-6-10-4-2-3-5-11(10)16(17,18)19/h2-5,7,9H,6,8H2,1H3,(H,20,21,23). The zero-order chi connectivity index (χ0) is 19.3. The molecule has 2 aromatic rings. The molecule has 1 heterocycles. The van der Waals surface area contributed by atoms with Crippen LogP contribution in [0, 0.1) is 10.1 Å². The lowest BCUT2D eigenvalue weighted by atomic mass is 10.0. The zero-order valence-electron chi connectivity index (χ0n) is 13.5. The van der Waals surface area contributed by atoms with Crippen LogP contribution in [0.4, 0.5) is 24.7 Å². The summed E-state index contributed by atoms with van der Waals surface area (Å²) in [7, 11) is 1.30. The Morgan fingerprint density at radius 2 is 1.96 bits per heavy atom. The van der Waals surface area contributed by atoms with Gasteiger partial charge in [-0.3, -0.25) is 14.9 Å². The van der Waals surface area contributed by atoms with Crippen LogP contribution in [-0.4, -0.2) is 22.9 Å². The Bertz CT molecular complexity index is 825. The molecule has 2 rings (SSSR count). The summed E-state index contributed by atoms with van der Waals surface area (Å²) in [6.07, 6.45) is -5.01. The van der Waals surface area contributed by atoms with Gasteiger partial charge in [-0.05, 0) is 18.1 Å². The number of alkyl halides is 3. The zero-order valence-corrected chi connectivity index (χ0v) is 13.5. The summed E-state index contributed by atoms with van der Waals surface area (Å²) in [5.41, 5.74) is -1.31. The number of ether oxygens (including phenoxy) is 1. The molecule has 26 heavy (non-hydrogen) atoms. The van der Waals surface area contributed by atoms with Crippen molar-refractivity contribution < 1.29 is 27.6 Å². The molecule has 1 N–H and O–H groups in total. The molecule has 0 spiro atoms. The molecular formula is C16H14F3N3O4. The molecule has 0 fully saturated rings. The van der Waals surface area contributed by atoms with Crippen molar-refractivity contribution in [3.05, 3.63) is 57.6 Å². The molecule has 1 amide bonds. The van der Waals surface area contributed by atoms with Gasteiger partial charge in [0.25, 0.3) is 0 Å². The van der Waals surface area contributed by atoms with E-state index in [4.69, 9.17) is 4.74 Å². The molecule has 0 aliphatic carbocycles. The summed E-state index contributed by atoms with van der Waals surface area (Å²) in [5.74, 6) is -0.984. The van der Waals surface area contributed by atoms with E-state index >= 15 is 0 Å². The number of methoxy groups -OCH3 is 1. The van der Waals surface area contributed by atoms with Crippen molar-refractivity contribution in [1.82, 2.24) is 4.98 Å². The predicted octanol–water partition coefficient (Wildman–Crippen LogP) is 3.59. The van der Waals surface area contributed by atoms with Crippen LogP contribution in [0.25, 0.3) is 0 Å². The molecule has 0 bridgehead atoms. The van der Waals surface area contributed by atoms with E-state index in [1.54, 1.807) is 0 Å². The number of rotatable bonds is 6. The topological polar surface area (TPSA) is 94.4 Å². The number of nitro groups is 1. The Labute approximate surface area is 146 Å². The van der Waals surface area contributed by atoms with Crippen LogP contribution in [0.15, 0.2) is 36.4 Å². The molecule has 0 saturated carbocycles. The quantitative estimate of drug-likeness (QED) is 0.620. The number of hydrogen-bond acceptors (Lipinski definition) is 5. The van der Waals surface area contributed by atoms with Crippen LogP contribution in [0.3, 0.4) is 0 Å². The number of benzene rings is 1. The van der Waals surface area contributed by atoms with Gasteiger partial charge in [0.1, 0.15) is 0 Å². The first-order chi connectivity index (χ1) is 12.2. The summed E-state index contributed by atoms with van der Waals surface area (Å²) < 4.78 is 43.7. The van der Waals surface area contributed by atoms with E-state index in [9.17, 15) is 28.1 Å². The van der Waals surface area contributed by atoms with Gasteiger partial charge in [0.05, 0.1) is 17.6 Å². The highest BCUT2D eigenvalue weighted by Gasteiger charge is 2.32. The third-order valence-corrected chi connectivity index (χ3v) is 3.46. The summed E-state index contributed by atoms with van der Waals surface area (Å²) >= 11 is 0. The second-order valence-corrected chi connectivity index (χ2v) is 5.18. The van der Waals surface area contributed by atoms with Crippen molar-refractivity contribution in [2.24, 2.45) is 0 Å². The first-order valence-electron chi connectivity index (χ1n) is 7.36. The van der Waals surface area contributed by atoms with Crippen LogP contribution < -0.4 is 10.1 Å². The van der Waals surface area contributed by atoms with Crippen LogP contribution in [0.5, 0.6) is 5.88 Å². The van der Waals surface area contributed by atoms with Crippen molar-refractivity contribution in [3.63, 3.8) is 0 Å². The van der Waals surface area contributed by atoms with Crippen LogP contribution >= 0.6 is 0 Å². The van der Waals surface area contributed by atoms with Gasteiger partial charge in [-0.15, -0.1) is 0 Å². The average Bonchev–Trinajstić information content (AvgIpc) is 2.59. The van der Waals surface area contributed by atoms with Gasteiger partial charge >= 0.3 is 11.9 Å².